The number of nitrogens with one attached hydrogen (secondary N) is 1. The Morgan fingerprint density at radius 3 is 2.81 bits per heavy atom. The number of piperidine rings is 1. The lowest BCUT2D eigenvalue weighted by atomic mass is 10.1. The molecular weight excluding hydrogens is 332 g/mol. The van der Waals surface area contributed by atoms with Crippen LogP contribution in [0, 0.1) is 0 Å². The second kappa shape index (κ2) is 7.74. The quantitative estimate of drug-likeness (QED) is 0.852. The minimum atomic E-state index is 0.198. The highest BCUT2D eigenvalue weighted by atomic mass is 16.5. The van der Waals surface area contributed by atoms with Gasteiger partial charge >= 0.3 is 0 Å². The van der Waals surface area contributed by atoms with Gasteiger partial charge in [-0.2, -0.15) is 0 Å². The molecule has 0 aromatic carbocycles. The van der Waals surface area contributed by atoms with Crippen LogP contribution in [0.4, 0.5) is 17.3 Å². The van der Waals surface area contributed by atoms with Crippen molar-refractivity contribution in [3.05, 3.63) is 30.9 Å². The van der Waals surface area contributed by atoms with Crippen molar-refractivity contribution in [1.29, 1.82) is 0 Å². The number of ether oxygens (including phenoxy) is 1. The highest BCUT2D eigenvalue weighted by Gasteiger charge is 2.21. The molecule has 2 aromatic heterocycles. The zero-order valence-electron chi connectivity index (χ0n) is 14.7. The summed E-state index contributed by atoms with van der Waals surface area (Å²) in [5.74, 6) is 1.99. The van der Waals surface area contributed by atoms with Gasteiger partial charge in [-0.15, -0.1) is 0 Å². The first-order valence-electron chi connectivity index (χ1n) is 9.08. The topological polar surface area (TPSA) is 86.6 Å². The molecule has 2 aliphatic heterocycles. The summed E-state index contributed by atoms with van der Waals surface area (Å²) >= 11 is 0. The number of aromatic nitrogens is 3. The number of anilines is 3. The van der Waals surface area contributed by atoms with Crippen LogP contribution in [0.5, 0.6) is 5.75 Å². The monoisotopic (exact) mass is 356 g/mol. The zero-order valence-corrected chi connectivity index (χ0v) is 14.7. The number of hydrogen-bond acceptors (Lipinski definition) is 8. The molecule has 2 saturated heterocycles. The van der Waals surface area contributed by atoms with Gasteiger partial charge in [-0.25, -0.2) is 9.97 Å². The van der Waals surface area contributed by atoms with Gasteiger partial charge in [0.15, 0.2) is 0 Å². The van der Waals surface area contributed by atoms with Gasteiger partial charge in [0.05, 0.1) is 31.3 Å². The van der Waals surface area contributed by atoms with Gasteiger partial charge in [0.1, 0.15) is 23.7 Å². The van der Waals surface area contributed by atoms with Crippen molar-refractivity contribution in [1.82, 2.24) is 15.0 Å². The van der Waals surface area contributed by atoms with Crippen LogP contribution in [0.15, 0.2) is 30.9 Å². The highest BCUT2D eigenvalue weighted by molar-refractivity contribution is 5.51. The molecule has 2 aromatic rings. The van der Waals surface area contributed by atoms with E-state index in [0.717, 1.165) is 69.6 Å². The number of aromatic hydroxyl groups is 1. The molecule has 138 valence electrons. The van der Waals surface area contributed by atoms with Crippen molar-refractivity contribution in [2.24, 2.45) is 0 Å². The maximum absolute atomic E-state index is 9.66. The average molecular weight is 356 g/mol. The minimum absolute atomic E-state index is 0.198. The molecule has 4 rings (SSSR count). The number of nitrogens with zero attached hydrogens (tertiary/aromatic N) is 5. The largest absolute Gasteiger partial charge is 0.506 e. The van der Waals surface area contributed by atoms with Crippen LogP contribution < -0.4 is 15.1 Å². The molecular formula is C18H24N6O2. The second-order valence-electron chi connectivity index (χ2n) is 6.69. The van der Waals surface area contributed by atoms with Gasteiger partial charge in [-0.1, -0.05) is 0 Å². The smallest absolute Gasteiger partial charge is 0.135 e. The van der Waals surface area contributed by atoms with E-state index in [-0.39, 0.29) is 5.75 Å². The van der Waals surface area contributed by atoms with E-state index in [9.17, 15) is 5.11 Å². The molecule has 0 unspecified atom stereocenters. The van der Waals surface area contributed by atoms with Crippen LogP contribution in [-0.4, -0.2) is 65.5 Å². The maximum atomic E-state index is 9.66. The molecule has 8 nitrogen and oxygen atoms in total. The summed E-state index contributed by atoms with van der Waals surface area (Å²) in [6, 6.07) is 4.06. The fourth-order valence-corrected chi connectivity index (χ4v) is 3.52. The summed E-state index contributed by atoms with van der Waals surface area (Å²) in [5.41, 5.74) is 0.952. The highest BCUT2D eigenvalue weighted by Crippen LogP contribution is 2.24. The molecule has 2 fully saturated rings. The maximum Gasteiger partial charge on any atom is 0.135 e. The number of pyridine rings is 1. The molecule has 4 heterocycles. The molecule has 0 saturated carbocycles. The van der Waals surface area contributed by atoms with Gasteiger partial charge in [-0.3, -0.25) is 4.98 Å². The van der Waals surface area contributed by atoms with Crippen molar-refractivity contribution in [3.63, 3.8) is 0 Å². The lowest BCUT2D eigenvalue weighted by Crippen LogP contribution is -2.42. The fourth-order valence-electron chi connectivity index (χ4n) is 3.52. The SMILES string of the molecule is Oc1cncc(N2CCC[C@@H](Nc3cc(N4CCOCC4)ncn3)C2)c1. The van der Waals surface area contributed by atoms with E-state index >= 15 is 0 Å². The number of morpholine rings is 1. The molecule has 2 N–H and O–H groups in total. The Morgan fingerprint density at radius 2 is 1.96 bits per heavy atom. The summed E-state index contributed by atoms with van der Waals surface area (Å²) in [7, 11) is 0. The third kappa shape index (κ3) is 3.96. The molecule has 0 radical (unpaired) electrons. The molecule has 8 heteroatoms. The summed E-state index contributed by atoms with van der Waals surface area (Å²) in [5, 5.41) is 13.2. The van der Waals surface area contributed by atoms with Gasteiger partial charge < -0.3 is 25.0 Å². The van der Waals surface area contributed by atoms with Crippen molar-refractivity contribution in [2.45, 2.75) is 18.9 Å². The van der Waals surface area contributed by atoms with Crippen molar-refractivity contribution < 1.29 is 9.84 Å². The Kier molecular flexibility index (Phi) is 5.01. The van der Waals surface area contributed by atoms with E-state index in [2.05, 4.69) is 30.1 Å². The third-order valence-corrected chi connectivity index (χ3v) is 4.84. The van der Waals surface area contributed by atoms with Crippen molar-refractivity contribution in [2.75, 3.05) is 54.5 Å². The van der Waals surface area contributed by atoms with Crippen molar-refractivity contribution in [3.8, 4) is 5.75 Å². The van der Waals surface area contributed by atoms with Gasteiger partial charge in [0, 0.05) is 44.4 Å². The van der Waals surface area contributed by atoms with E-state index in [1.165, 1.54) is 6.20 Å². The van der Waals surface area contributed by atoms with Crippen LogP contribution in [-0.2, 0) is 4.74 Å². The Labute approximate surface area is 152 Å². The van der Waals surface area contributed by atoms with E-state index in [4.69, 9.17) is 4.74 Å². The third-order valence-electron chi connectivity index (χ3n) is 4.84. The molecule has 0 aliphatic carbocycles. The first kappa shape index (κ1) is 16.8. The molecule has 26 heavy (non-hydrogen) atoms. The fraction of sp³-hybridized carbons (Fsp3) is 0.500. The predicted molar refractivity (Wildman–Crippen MR) is 99.8 cm³/mol. The Bertz CT molecular complexity index is 737. The molecule has 2 aliphatic rings. The number of hydrogen-bond donors (Lipinski definition) is 2. The lowest BCUT2D eigenvalue weighted by molar-refractivity contribution is 0.122. The Morgan fingerprint density at radius 1 is 1.08 bits per heavy atom. The predicted octanol–water partition coefficient (Wildman–Crippen LogP) is 1.49. The first-order chi connectivity index (χ1) is 12.8. The van der Waals surface area contributed by atoms with Crippen LogP contribution >= 0.6 is 0 Å². The lowest BCUT2D eigenvalue weighted by Gasteiger charge is -2.35. The van der Waals surface area contributed by atoms with E-state index in [1.807, 2.05) is 6.07 Å². The van der Waals surface area contributed by atoms with Crippen LogP contribution in [0.1, 0.15) is 12.8 Å². The van der Waals surface area contributed by atoms with Gasteiger partial charge in [0.25, 0.3) is 0 Å². The normalized spacial score (nSPS) is 20.8. The summed E-state index contributed by atoms with van der Waals surface area (Å²) in [4.78, 5) is 17.3. The Hall–Kier alpha value is -2.61. The number of rotatable bonds is 4. The Balaban J connectivity index is 1.42. The zero-order chi connectivity index (χ0) is 17.8. The first-order valence-corrected chi connectivity index (χ1v) is 9.08. The molecule has 1 atom stereocenters. The van der Waals surface area contributed by atoms with E-state index in [0.29, 0.717) is 6.04 Å². The molecule has 0 bridgehead atoms. The molecule has 0 amide bonds. The van der Waals surface area contributed by atoms with Crippen LogP contribution in [0.3, 0.4) is 0 Å². The minimum Gasteiger partial charge on any atom is -0.506 e. The summed E-state index contributed by atoms with van der Waals surface area (Å²) < 4.78 is 5.41. The summed E-state index contributed by atoms with van der Waals surface area (Å²) in [6.45, 7) is 5.01. The standard InChI is InChI=1S/C18H24N6O2/c25-16-8-15(10-19-11-16)24-3-1-2-14(12-24)22-17-9-18(21-13-20-17)23-4-6-26-7-5-23/h8-11,13-14,25H,1-7,12H2,(H,20,21,22)/t14-/m1/s1. The van der Waals surface area contributed by atoms with E-state index in [1.54, 1.807) is 18.6 Å². The molecule has 0 spiro atoms. The van der Waals surface area contributed by atoms with E-state index < -0.39 is 0 Å². The van der Waals surface area contributed by atoms with Gasteiger partial charge in [0.2, 0.25) is 0 Å². The second-order valence-corrected chi connectivity index (χ2v) is 6.69. The average Bonchev–Trinajstić information content (AvgIpc) is 2.69. The van der Waals surface area contributed by atoms with Crippen LogP contribution in [0.2, 0.25) is 0 Å². The summed E-state index contributed by atoms with van der Waals surface area (Å²) in [6.07, 6.45) is 7.03. The van der Waals surface area contributed by atoms with Crippen molar-refractivity contribution >= 4 is 17.3 Å². The van der Waals surface area contributed by atoms with Gasteiger partial charge in [-0.05, 0) is 12.8 Å². The van der Waals surface area contributed by atoms with Crippen LogP contribution in [0.25, 0.3) is 0 Å².